The molecular weight excluding hydrogens is 198 g/mol. The molecule has 0 aliphatic rings. The van der Waals surface area contributed by atoms with E-state index < -0.39 is 0 Å². The molecule has 1 aromatic rings. The van der Waals surface area contributed by atoms with Gasteiger partial charge < -0.3 is 16.4 Å². The minimum atomic E-state index is -0.372. The lowest BCUT2D eigenvalue weighted by Gasteiger charge is -2.02. The summed E-state index contributed by atoms with van der Waals surface area (Å²) in [7, 11) is 0. The van der Waals surface area contributed by atoms with Gasteiger partial charge in [-0.2, -0.15) is 5.10 Å². The molecule has 15 heavy (non-hydrogen) atoms. The van der Waals surface area contributed by atoms with Gasteiger partial charge in [-0.1, -0.05) is 0 Å². The molecule has 0 aliphatic heterocycles. The van der Waals surface area contributed by atoms with Crippen LogP contribution in [0.1, 0.15) is 5.69 Å². The lowest BCUT2D eigenvalue weighted by Crippen LogP contribution is -2.36. The van der Waals surface area contributed by atoms with E-state index in [4.69, 9.17) is 5.73 Å². The van der Waals surface area contributed by atoms with E-state index in [2.05, 4.69) is 20.8 Å². The molecule has 7 heteroatoms. The van der Waals surface area contributed by atoms with E-state index in [-0.39, 0.29) is 24.9 Å². The Morgan fingerprint density at radius 1 is 1.53 bits per heavy atom. The van der Waals surface area contributed by atoms with E-state index in [1.807, 2.05) is 6.92 Å². The average molecular weight is 211 g/mol. The lowest BCUT2D eigenvalue weighted by molar-refractivity contribution is -0.123. The Labute approximate surface area is 86.4 Å². The summed E-state index contributed by atoms with van der Waals surface area (Å²) in [6, 6.07) is 1.68. The van der Waals surface area contributed by atoms with Gasteiger partial charge in [0.2, 0.25) is 11.8 Å². The number of anilines is 1. The van der Waals surface area contributed by atoms with Crippen molar-refractivity contribution in [1.29, 1.82) is 0 Å². The van der Waals surface area contributed by atoms with Crippen LogP contribution < -0.4 is 16.4 Å². The minimum absolute atomic E-state index is 0.109. The monoisotopic (exact) mass is 211 g/mol. The van der Waals surface area contributed by atoms with Gasteiger partial charge in [-0.15, -0.1) is 0 Å². The van der Waals surface area contributed by atoms with E-state index in [1.165, 1.54) is 0 Å². The number of nitrogens with two attached hydrogens (primary N) is 1. The van der Waals surface area contributed by atoms with Gasteiger partial charge in [-0.3, -0.25) is 14.7 Å². The largest absolute Gasteiger partial charge is 0.346 e. The van der Waals surface area contributed by atoms with Crippen molar-refractivity contribution in [3.05, 3.63) is 11.8 Å². The van der Waals surface area contributed by atoms with Crippen molar-refractivity contribution in [3.8, 4) is 0 Å². The van der Waals surface area contributed by atoms with Crippen LogP contribution in [-0.4, -0.2) is 35.1 Å². The third kappa shape index (κ3) is 3.77. The van der Waals surface area contributed by atoms with Crippen LogP contribution in [0.3, 0.4) is 0 Å². The molecular formula is C8H13N5O2. The second-order valence-corrected chi connectivity index (χ2v) is 2.97. The summed E-state index contributed by atoms with van der Waals surface area (Å²) >= 11 is 0. The molecule has 1 aromatic heterocycles. The fourth-order valence-corrected chi connectivity index (χ4v) is 0.920. The maximum absolute atomic E-state index is 11.2. The van der Waals surface area contributed by atoms with Gasteiger partial charge in [0.05, 0.1) is 13.1 Å². The lowest BCUT2D eigenvalue weighted by atomic mass is 10.4. The van der Waals surface area contributed by atoms with Gasteiger partial charge in [0.15, 0.2) is 5.82 Å². The number of hydrogen-bond acceptors (Lipinski definition) is 4. The summed E-state index contributed by atoms with van der Waals surface area (Å²) in [6.07, 6.45) is 0. The highest BCUT2D eigenvalue weighted by Crippen LogP contribution is 2.02. The molecule has 0 spiro atoms. The fourth-order valence-electron chi connectivity index (χ4n) is 0.920. The molecule has 0 fully saturated rings. The number of carbonyl (C=O) groups excluding carboxylic acids is 2. The maximum Gasteiger partial charge on any atom is 0.244 e. The summed E-state index contributed by atoms with van der Waals surface area (Å²) < 4.78 is 0. The molecule has 0 aromatic carbocycles. The van der Waals surface area contributed by atoms with Crippen LogP contribution in [0, 0.1) is 6.92 Å². The van der Waals surface area contributed by atoms with Crippen molar-refractivity contribution in [2.75, 3.05) is 18.4 Å². The van der Waals surface area contributed by atoms with Crippen molar-refractivity contribution in [2.24, 2.45) is 5.73 Å². The molecule has 0 saturated heterocycles. The standard InChI is InChI=1S/C8H13N5O2/c1-5-2-6(13-12-5)11-8(15)4-10-7(14)3-9/h2H,3-4,9H2,1H3,(H,10,14)(H2,11,12,13,15). The Balaban J connectivity index is 2.33. The number of aryl methyl sites for hydroxylation is 1. The van der Waals surface area contributed by atoms with Crippen molar-refractivity contribution in [3.63, 3.8) is 0 Å². The Bertz CT molecular complexity index is 360. The van der Waals surface area contributed by atoms with Gasteiger partial charge in [-0.05, 0) is 6.92 Å². The molecule has 0 unspecified atom stereocenters. The summed E-state index contributed by atoms with van der Waals surface area (Å²) in [5.74, 6) is -0.286. The van der Waals surface area contributed by atoms with Crippen molar-refractivity contribution in [2.45, 2.75) is 6.92 Å². The van der Waals surface area contributed by atoms with Gasteiger partial charge in [0.1, 0.15) is 0 Å². The first kappa shape index (κ1) is 11.2. The molecule has 1 heterocycles. The molecule has 1 rings (SSSR count). The first-order chi connectivity index (χ1) is 7.11. The van der Waals surface area contributed by atoms with Crippen LogP contribution in [0.25, 0.3) is 0 Å². The Kier molecular flexibility index (Phi) is 3.81. The van der Waals surface area contributed by atoms with E-state index in [9.17, 15) is 9.59 Å². The number of aromatic nitrogens is 2. The van der Waals surface area contributed by atoms with Crippen molar-refractivity contribution >= 4 is 17.6 Å². The fraction of sp³-hybridized carbons (Fsp3) is 0.375. The molecule has 0 radical (unpaired) electrons. The first-order valence-electron chi connectivity index (χ1n) is 4.40. The Morgan fingerprint density at radius 3 is 2.80 bits per heavy atom. The van der Waals surface area contributed by atoms with E-state index in [0.717, 1.165) is 5.69 Å². The molecule has 82 valence electrons. The van der Waals surface area contributed by atoms with Crippen LogP contribution in [-0.2, 0) is 9.59 Å². The number of nitrogens with one attached hydrogen (secondary N) is 3. The molecule has 2 amide bonds. The van der Waals surface area contributed by atoms with Gasteiger partial charge in [-0.25, -0.2) is 0 Å². The van der Waals surface area contributed by atoms with E-state index >= 15 is 0 Å². The molecule has 0 atom stereocenters. The average Bonchev–Trinajstić information content (AvgIpc) is 2.60. The van der Waals surface area contributed by atoms with Crippen molar-refractivity contribution < 1.29 is 9.59 Å². The minimum Gasteiger partial charge on any atom is -0.346 e. The molecule has 0 saturated carbocycles. The highest BCUT2D eigenvalue weighted by molar-refractivity contribution is 5.93. The second kappa shape index (κ2) is 5.11. The van der Waals surface area contributed by atoms with Crippen LogP contribution in [0.4, 0.5) is 5.82 Å². The topological polar surface area (TPSA) is 113 Å². The third-order valence-electron chi connectivity index (χ3n) is 1.60. The zero-order valence-electron chi connectivity index (χ0n) is 8.33. The predicted molar refractivity (Wildman–Crippen MR) is 54.0 cm³/mol. The SMILES string of the molecule is Cc1cc(NC(=O)CNC(=O)CN)n[nH]1. The number of amides is 2. The van der Waals surface area contributed by atoms with Gasteiger partial charge in [0, 0.05) is 11.8 Å². The van der Waals surface area contributed by atoms with Crippen molar-refractivity contribution in [1.82, 2.24) is 15.5 Å². The molecule has 5 N–H and O–H groups in total. The number of H-pyrrole nitrogens is 1. The smallest absolute Gasteiger partial charge is 0.244 e. The predicted octanol–water partition coefficient (Wildman–Crippen LogP) is -1.27. The van der Waals surface area contributed by atoms with Crippen LogP contribution in [0.2, 0.25) is 0 Å². The van der Waals surface area contributed by atoms with Crippen LogP contribution in [0.5, 0.6) is 0 Å². The molecule has 0 bridgehead atoms. The zero-order chi connectivity index (χ0) is 11.3. The zero-order valence-corrected chi connectivity index (χ0v) is 8.33. The Hall–Kier alpha value is -1.89. The normalized spacial score (nSPS) is 9.73. The summed E-state index contributed by atoms with van der Waals surface area (Å²) in [4.78, 5) is 22.0. The number of aromatic amines is 1. The second-order valence-electron chi connectivity index (χ2n) is 2.97. The van der Waals surface area contributed by atoms with Gasteiger partial charge in [0.25, 0.3) is 0 Å². The quantitative estimate of drug-likeness (QED) is 0.497. The highest BCUT2D eigenvalue weighted by Gasteiger charge is 2.05. The number of hydrogen-bond donors (Lipinski definition) is 4. The van der Waals surface area contributed by atoms with E-state index in [0.29, 0.717) is 5.82 Å². The van der Waals surface area contributed by atoms with E-state index in [1.54, 1.807) is 6.07 Å². The summed E-state index contributed by atoms with van der Waals surface area (Å²) in [5.41, 5.74) is 5.90. The number of rotatable bonds is 4. The maximum atomic E-state index is 11.2. The Morgan fingerprint density at radius 2 is 2.27 bits per heavy atom. The third-order valence-corrected chi connectivity index (χ3v) is 1.60. The van der Waals surface area contributed by atoms with Gasteiger partial charge >= 0.3 is 0 Å². The number of nitrogens with zero attached hydrogens (tertiary/aromatic N) is 1. The summed E-state index contributed by atoms with van der Waals surface area (Å²) in [5, 5.41) is 11.3. The molecule has 0 aliphatic carbocycles. The number of carbonyl (C=O) groups is 2. The molecule has 7 nitrogen and oxygen atoms in total. The van der Waals surface area contributed by atoms with Crippen LogP contribution in [0.15, 0.2) is 6.07 Å². The van der Waals surface area contributed by atoms with Crippen LogP contribution >= 0.6 is 0 Å². The summed E-state index contributed by atoms with van der Waals surface area (Å²) in [6.45, 7) is 1.58. The highest BCUT2D eigenvalue weighted by atomic mass is 16.2. The first-order valence-corrected chi connectivity index (χ1v) is 4.40.